The van der Waals surface area contributed by atoms with Crippen LogP contribution in [-0.2, 0) is 0 Å². The van der Waals surface area contributed by atoms with Crippen molar-refractivity contribution in [2.75, 3.05) is 7.11 Å². The first kappa shape index (κ1) is 15.0. The Morgan fingerprint density at radius 2 is 1.91 bits per heavy atom. The summed E-state index contributed by atoms with van der Waals surface area (Å²) in [4.78, 5) is 18.6. The number of nitrogens with zero attached hydrogens (tertiary/aromatic N) is 1. The Labute approximate surface area is 132 Å². The second-order valence-electron chi connectivity index (χ2n) is 5.15. The summed E-state index contributed by atoms with van der Waals surface area (Å²) in [5, 5.41) is 0. The maximum absolute atomic E-state index is 13.4. The number of rotatable bonds is 3. The number of nitrogens with one attached hydrogen (secondary N) is 1. The van der Waals surface area contributed by atoms with Gasteiger partial charge >= 0.3 is 5.69 Å². The van der Waals surface area contributed by atoms with Crippen LogP contribution in [0.25, 0.3) is 22.5 Å². The fourth-order valence-electron chi connectivity index (χ4n) is 2.42. The molecule has 0 saturated carbocycles. The molecule has 23 heavy (non-hydrogen) atoms. The zero-order valence-corrected chi connectivity index (χ0v) is 12.8. The Morgan fingerprint density at radius 3 is 2.65 bits per heavy atom. The van der Waals surface area contributed by atoms with Crippen LogP contribution in [0.1, 0.15) is 5.56 Å². The van der Waals surface area contributed by atoms with Gasteiger partial charge in [0.15, 0.2) is 0 Å². The van der Waals surface area contributed by atoms with Crippen LogP contribution in [0, 0.1) is 12.7 Å². The Kier molecular flexibility index (Phi) is 3.93. The van der Waals surface area contributed by atoms with Gasteiger partial charge < -0.3 is 9.72 Å². The van der Waals surface area contributed by atoms with E-state index < -0.39 is 5.69 Å². The number of H-pyrrole nitrogens is 1. The SMILES string of the molecule is COc1ccccc1-c1cc(-c2ccc(F)c(C)c2)nc(=O)[nH]1. The number of hydrogen-bond donors (Lipinski definition) is 1. The maximum atomic E-state index is 13.4. The third-order valence-electron chi connectivity index (χ3n) is 3.60. The van der Waals surface area contributed by atoms with E-state index in [0.717, 1.165) is 5.56 Å². The molecule has 1 N–H and O–H groups in total. The van der Waals surface area contributed by atoms with Gasteiger partial charge in [0.1, 0.15) is 11.6 Å². The Balaban J connectivity index is 2.16. The third kappa shape index (κ3) is 2.99. The van der Waals surface area contributed by atoms with Crippen LogP contribution in [0.2, 0.25) is 0 Å². The van der Waals surface area contributed by atoms with Crippen LogP contribution in [0.5, 0.6) is 5.75 Å². The van der Waals surface area contributed by atoms with Crippen molar-refractivity contribution in [3.63, 3.8) is 0 Å². The van der Waals surface area contributed by atoms with Gasteiger partial charge in [-0.3, -0.25) is 0 Å². The topological polar surface area (TPSA) is 55.0 Å². The highest BCUT2D eigenvalue weighted by molar-refractivity contribution is 5.71. The molecule has 1 aromatic heterocycles. The van der Waals surface area contributed by atoms with Gasteiger partial charge in [-0.15, -0.1) is 0 Å². The normalized spacial score (nSPS) is 10.6. The second kappa shape index (κ2) is 6.04. The van der Waals surface area contributed by atoms with Crippen LogP contribution < -0.4 is 10.4 Å². The molecule has 0 amide bonds. The Hall–Kier alpha value is -2.95. The smallest absolute Gasteiger partial charge is 0.345 e. The van der Waals surface area contributed by atoms with Crippen molar-refractivity contribution < 1.29 is 9.13 Å². The predicted octanol–water partition coefficient (Wildman–Crippen LogP) is 3.56. The first-order chi connectivity index (χ1) is 11.1. The zero-order chi connectivity index (χ0) is 16.4. The minimum absolute atomic E-state index is 0.288. The van der Waals surface area contributed by atoms with Crippen LogP contribution >= 0.6 is 0 Å². The number of para-hydroxylation sites is 1. The summed E-state index contributed by atoms with van der Waals surface area (Å²) >= 11 is 0. The minimum atomic E-state index is -0.467. The molecule has 0 aliphatic heterocycles. The van der Waals surface area contributed by atoms with Crippen molar-refractivity contribution >= 4 is 0 Å². The van der Waals surface area contributed by atoms with Crippen LogP contribution in [0.4, 0.5) is 4.39 Å². The highest BCUT2D eigenvalue weighted by Crippen LogP contribution is 2.29. The molecule has 0 unspecified atom stereocenters. The van der Waals surface area contributed by atoms with E-state index >= 15 is 0 Å². The molecule has 4 nitrogen and oxygen atoms in total. The van der Waals surface area contributed by atoms with Crippen molar-refractivity contribution in [3.8, 4) is 28.3 Å². The lowest BCUT2D eigenvalue weighted by Gasteiger charge is -2.09. The van der Waals surface area contributed by atoms with Gasteiger partial charge in [0.25, 0.3) is 0 Å². The molecule has 2 aromatic carbocycles. The van der Waals surface area contributed by atoms with E-state index in [1.165, 1.54) is 6.07 Å². The standard InChI is InChI=1S/C18H15FN2O2/c1-11-9-12(7-8-14(11)19)15-10-16(21-18(22)20-15)13-5-3-4-6-17(13)23-2/h3-10H,1-2H3,(H,20,21,22). The van der Waals surface area contributed by atoms with Crippen LogP contribution in [0.3, 0.4) is 0 Å². The minimum Gasteiger partial charge on any atom is -0.496 e. The number of aryl methyl sites for hydroxylation is 1. The molecule has 0 radical (unpaired) electrons. The molecular weight excluding hydrogens is 295 g/mol. The van der Waals surface area contributed by atoms with Gasteiger partial charge in [-0.1, -0.05) is 12.1 Å². The fraction of sp³-hybridized carbons (Fsp3) is 0.111. The van der Waals surface area contributed by atoms with Gasteiger partial charge in [0.2, 0.25) is 0 Å². The summed E-state index contributed by atoms with van der Waals surface area (Å²) in [6.45, 7) is 1.67. The molecule has 0 aliphatic carbocycles. The summed E-state index contributed by atoms with van der Waals surface area (Å²) in [6, 6.07) is 13.8. The summed E-state index contributed by atoms with van der Waals surface area (Å²) in [5.74, 6) is 0.360. The number of halogens is 1. The van der Waals surface area contributed by atoms with E-state index in [-0.39, 0.29) is 5.82 Å². The summed E-state index contributed by atoms with van der Waals surface area (Å²) in [5.41, 5.74) is 2.56. The van der Waals surface area contributed by atoms with E-state index in [9.17, 15) is 9.18 Å². The van der Waals surface area contributed by atoms with Crippen molar-refractivity contribution in [1.29, 1.82) is 0 Å². The summed E-state index contributed by atoms with van der Waals surface area (Å²) in [7, 11) is 1.57. The second-order valence-corrected chi connectivity index (χ2v) is 5.15. The number of ether oxygens (including phenoxy) is 1. The monoisotopic (exact) mass is 310 g/mol. The highest BCUT2D eigenvalue weighted by Gasteiger charge is 2.10. The summed E-state index contributed by atoms with van der Waals surface area (Å²) in [6.07, 6.45) is 0. The number of aromatic nitrogens is 2. The predicted molar refractivity (Wildman–Crippen MR) is 87.0 cm³/mol. The molecule has 5 heteroatoms. The lowest BCUT2D eigenvalue weighted by Crippen LogP contribution is -2.12. The summed E-state index contributed by atoms with van der Waals surface area (Å²) < 4.78 is 18.8. The molecule has 0 atom stereocenters. The lowest BCUT2D eigenvalue weighted by atomic mass is 10.1. The van der Waals surface area contributed by atoms with E-state index in [1.54, 1.807) is 32.2 Å². The van der Waals surface area contributed by atoms with E-state index in [1.807, 2.05) is 24.3 Å². The third-order valence-corrected chi connectivity index (χ3v) is 3.60. The molecule has 3 aromatic rings. The van der Waals surface area contributed by atoms with Crippen molar-refractivity contribution in [2.45, 2.75) is 6.92 Å². The molecule has 0 bridgehead atoms. The average Bonchev–Trinajstić information content (AvgIpc) is 2.56. The van der Waals surface area contributed by atoms with Crippen molar-refractivity contribution in [2.24, 2.45) is 0 Å². The van der Waals surface area contributed by atoms with Crippen LogP contribution in [-0.4, -0.2) is 17.1 Å². The van der Waals surface area contributed by atoms with Gasteiger partial charge in [-0.05, 0) is 48.9 Å². The first-order valence-electron chi connectivity index (χ1n) is 7.10. The number of aromatic amines is 1. The molecule has 0 spiro atoms. The molecule has 0 fully saturated rings. The quantitative estimate of drug-likeness (QED) is 0.805. The number of benzene rings is 2. The molecular formula is C18H15FN2O2. The van der Waals surface area contributed by atoms with E-state index in [2.05, 4.69) is 9.97 Å². The number of hydrogen-bond acceptors (Lipinski definition) is 3. The molecule has 0 aliphatic rings. The largest absolute Gasteiger partial charge is 0.496 e. The average molecular weight is 310 g/mol. The van der Waals surface area contributed by atoms with Gasteiger partial charge in [0.05, 0.1) is 18.5 Å². The fourth-order valence-corrected chi connectivity index (χ4v) is 2.42. The highest BCUT2D eigenvalue weighted by atomic mass is 19.1. The van der Waals surface area contributed by atoms with Gasteiger partial charge in [0, 0.05) is 11.1 Å². The molecule has 3 rings (SSSR count). The van der Waals surface area contributed by atoms with Crippen molar-refractivity contribution in [3.05, 3.63) is 70.4 Å². The van der Waals surface area contributed by atoms with Gasteiger partial charge in [-0.2, -0.15) is 4.98 Å². The maximum Gasteiger partial charge on any atom is 0.345 e. The first-order valence-corrected chi connectivity index (χ1v) is 7.10. The Morgan fingerprint density at radius 1 is 1.13 bits per heavy atom. The van der Waals surface area contributed by atoms with Crippen molar-refractivity contribution in [1.82, 2.24) is 9.97 Å². The van der Waals surface area contributed by atoms with Crippen LogP contribution in [0.15, 0.2) is 53.3 Å². The number of methoxy groups -OCH3 is 1. The van der Waals surface area contributed by atoms with Gasteiger partial charge in [-0.25, -0.2) is 9.18 Å². The lowest BCUT2D eigenvalue weighted by molar-refractivity contribution is 0.416. The van der Waals surface area contributed by atoms with E-state index in [4.69, 9.17) is 4.74 Å². The van der Waals surface area contributed by atoms with E-state index in [0.29, 0.717) is 28.3 Å². The zero-order valence-electron chi connectivity index (χ0n) is 12.8. The molecule has 116 valence electrons. The Bertz CT molecular complexity index is 919. The molecule has 0 saturated heterocycles. The molecule has 1 heterocycles.